The first-order chi connectivity index (χ1) is 22.3. The van der Waals surface area contributed by atoms with Crippen molar-refractivity contribution in [2.45, 2.75) is 97.2 Å². The van der Waals surface area contributed by atoms with Crippen molar-refractivity contribution in [3.63, 3.8) is 0 Å². The summed E-state index contributed by atoms with van der Waals surface area (Å²) in [5, 5.41) is 16.1. The molecule has 0 aliphatic rings. The highest BCUT2D eigenvalue weighted by Gasteiger charge is 2.27. The molecule has 15 heteroatoms. The number of aliphatic carboxylic acids is 1. The Hall–Kier alpha value is -5.34. The summed E-state index contributed by atoms with van der Waals surface area (Å²) in [6.07, 6.45) is -2.21. The van der Waals surface area contributed by atoms with Gasteiger partial charge in [0, 0.05) is 12.8 Å². The highest BCUT2D eigenvalue weighted by Crippen LogP contribution is 2.19. The smallest absolute Gasteiger partial charge is 0.408 e. The summed E-state index contributed by atoms with van der Waals surface area (Å²) < 4.78 is 15.9. The van der Waals surface area contributed by atoms with Gasteiger partial charge in [0.1, 0.15) is 35.9 Å². The SMILES string of the molecule is C[C@H](NC(=O)OC(C)(C)Cc1cccc(COC(=O)N[C@@H](Cc2ccccc2)C(=O)NNC(=O)[C@H](C)NC(=O)OC(C)(C)C)c1)C(=O)O. The molecule has 0 saturated heterocycles. The fraction of sp³-hybridized carbons (Fsp3) is 0.455. The lowest BCUT2D eigenvalue weighted by molar-refractivity contribution is -0.139. The van der Waals surface area contributed by atoms with Crippen LogP contribution in [0.2, 0.25) is 0 Å². The summed E-state index contributed by atoms with van der Waals surface area (Å²) in [5.41, 5.74) is 4.86. The number of nitrogens with one attached hydrogen (secondary N) is 5. The van der Waals surface area contributed by atoms with Crippen LogP contribution in [0.25, 0.3) is 0 Å². The average Bonchev–Trinajstić information content (AvgIpc) is 2.97. The summed E-state index contributed by atoms with van der Waals surface area (Å²) in [4.78, 5) is 73.4. The first-order valence-electron chi connectivity index (χ1n) is 15.2. The van der Waals surface area contributed by atoms with Crippen molar-refractivity contribution < 1.29 is 48.1 Å². The van der Waals surface area contributed by atoms with E-state index in [0.717, 1.165) is 11.1 Å². The fourth-order valence-corrected chi connectivity index (χ4v) is 4.14. The largest absolute Gasteiger partial charge is 0.480 e. The van der Waals surface area contributed by atoms with Gasteiger partial charge < -0.3 is 35.3 Å². The predicted molar refractivity (Wildman–Crippen MR) is 173 cm³/mol. The van der Waals surface area contributed by atoms with Crippen molar-refractivity contribution in [1.82, 2.24) is 26.8 Å². The number of carbonyl (C=O) groups excluding carboxylic acids is 5. The van der Waals surface area contributed by atoms with Gasteiger partial charge in [-0.1, -0.05) is 54.6 Å². The first kappa shape index (κ1) is 38.8. The number of hydrazine groups is 1. The second kappa shape index (κ2) is 17.5. The van der Waals surface area contributed by atoms with E-state index < -0.39 is 65.4 Å². The quantitative estimate of drug-likeness (QED) is 0.135. The molecule has 2 aromatic carbocycles. The molecule has 15 nitrogen and oxygen atoms in total. The van der Waals surface area contributed by atoms with Gasteiger partial charge in [0.2, 0.25) is 0 Å². The second-order valence-electron chi connectivity index (χ2n) is 12.7. The van der Waals surface area contributed by atoms with E-state index in [2.05, 4.69) is 26.8 Å². The Kier molecular flexibility index (Phi) is 14.2. The Morgan fingerprint density at radius 2 is 1.25 bits per heavy atom. The van der Waals surface area contributed by atoms with Crippen LogP contribution in [0.4, 0.5) is 14.4 Å². The number of rotatable bonds is 13. The van der Waals surface area contributed by atoms with E-state index in [-0.39, 0.29) is 19.4 Å². The Balaban J connectivity index is 1.99. The maximum Gasteiger partial charge on any atom is 0.408 e. The van der Waals surface area contributed by atoms with E-state index in [1.54, 1.807) is 89.2 Å². The fourth-order valence-electron chi connectivity index (χ4n) is 4.14. The average molecular weight is 672 g/mol. The summed E-state index contributed by atoms with van der Waals surface area (Å²) in [6, 6.07) is 12.6. The minimum Gasteiger partial charge on any atom is -0.480 e. The number of hydrogen-bond acceptors (Lipinski definition) is 9. The zero-order chi connectivity index (χ0) is 36.1. The lowest BCUT2D eigenvalue weighted by Crippen LogP contribution is -2.56. The zero-order valence-electron chi connectivity index (χ0n) is 28.2. The van der Waals surface area contributed by atoms with Gasteiger partial charge >= 0.3 is 24.2 Å². The van der Waals surface area contributed by atoms with Crippen LogP contribution in [-0.2, 0) is 48.0 Å². The molecule has 0 fully saturated rings. The molecule has 6 N–H and O–H groups in total. The molecule has 48 heavy (non-hydrogen) atoms. The number of benzene rings is 2. The number of amides is 5. The maximum absolute atomic E-state index is 13.1. The molecule has 2 rings (SSSR count). The van der Waals surface area contributed by atoms with E-state index in [9.17, 15) is 28.8 Å². The van der Waals surface area contributed by atoms with Crippen LogP contribution in [0.1, 0.15) is 65.2 Å². The van der Waals surface area contributed by atoms with Crippen molar-refractivity contribution in [2.75, 3.05) is 0 Å². The van der Waals surface area contributed by atoms with Gasteiger partial charge in [-0.3, -0.25) is 25.2 Å². The van der Waals surface area contributed by atoms with Crippen molar-refractivity contribution in [2.24, 2.45) is 0 Å². The van der Waals surface area contributed by atoms with Crippen LogP contribution in [-0.4, -0.2) is 70.5 Å². The van der Waals surface area contributed by atoms with E-state index >= 15 is 0 Å². The highest BCUT2D eigenvalue weighted by molar-refractivity contribution is 5.90. The van der Waals surface area contributed by atoms with Crippen LogP contribution >= 0.6 is 0 Å². The molecule has 2 aromatic rings. The van der Waals surface area contributed by atoms with E-state index in [1.165, 1.54) is 13.8 Å². The Bertz CT molecular complexity index is 1440. The van der Waals surface area contributed by atoms with Crippen LogP contribution in [0.3, 0.4) is 0 Å². The lowest BCUT2D eigenvalue weighted by atomic mass is 9.97. The van der Waals surface area contributed by atoms with Gasteiger partial charge in [-0.25, -0.2) is 14.4 Å². The van der Waals surface area contributed by atoms with Gasteiger partial charge in [0.05, 0.1) is 0 Å². The Morgan fingerprint density at radius 1 is 0.688 bits per heavy atom. The van der Waals surface area contributed by atoms with E-state index in [0.29, 0.717) is 5.56 Å². The van der Waals surface area contributed by atoms with Crippen molar-refractivity contribution >= 4 is 36.1 Å². The van der Waals surface area contributed by atoms with Crippen molar-refractivity contribution in [1.29, 1.82) is 0 Å². The number of carbonyl (C=O) groups is 6. The minimum atomic E-state index is -1.19. The normalized spacial score (nSPS) is 13.1. The topological polar surface area (TPSA) is 210 Å². The maximum atomic E-state index is 13.1. The van der Waals surface area contributed by atoms with Crippen molar-refractivity contribution in [3.05, 3.63) is 71.3 Å². The van der Waals surface area contributed by atoms with Gasteiger partial charge in [-0.05, 0) is 65.2 Å². The second-order valence-corrected chi connectivity index (χ2v) is 12.7. The molecule has 3 atom stereocenters. The molecule has 0 bridgehead atoms. The van der Waals surface area contributed by atoms with Crippen LogP contribution < -0.4 is 26.8 Å². The third-order valence-electron chi connectivity index (χ3n) is 6.39. The molecule has 262 valence electrons. The predicted octanol–water partition coefficient (Wildman–Crippen LogP) is 3.11. The van der Waals surface area contributed by atoms with Gasteiger partial charge in [0.25, 0.3) is 11.8 Å². The first-order valence-corrected chi connectivity index (χ1v) is 15.2. The highest BCUT2D eigenvalue weighted by atomic mass is 16.6. The minimum absolute atomic E-state index is 0.0761. The molecule has 0 heterocycles. The van der Waals surface area contributed by atoms with Gasteiger partial charge in [0.15, 0.2) is 0 Å². The summed E-state index contributed by atoms with van der Waals surface area (Å²) in [6.45, 7) is 11.0. The summed E-state index contributed by atoms with van der Waals surface area (Å²) in [7, 11) is 0. The monoisotopic (exact) mass is 671 g/mol. The van der Waals surface area contributed by atoms with Gasteiger partial charge in [-0.2, -0.15) is 0 Å². The summed E-state index contributed by atoms with van der Waals surface area (Å²) in [5.74, 6) is -2.65. The number of alkyl carbamates (subject to hydrolysis) is 3. The molecule has 0 aromatic heterocycles. The molecular weight excluding hydrogens is 626 g/mol. The van der Waals surface area contributed by atoms with Crippen LogP contribution in [0.15, 0.2) is 54.6 Å². The molecule has 0 radical (unpaired) electrons. The molecule has 0 saturated carbocycles. The molecular formula is C33H45N5O10. The third kappa shape index (κ3) is 14.8. The Morgan fingerprint density at radius 3 is 1.88 bits per heavy atom. The molecule has 0 aliphatic carbocycles. The summed E-state index contributed by atoms with van der Waals surface area (Å²) >= 11 is 0. The number of carboxylic acid groups (broad SMARTS) is 1. The molecule has 0 aliphatic heterocycles. The lowest BCUT2D eigenvalue weighted by Gasteiger charge is -2.26. The standard InChI is InChI=1S/C33H45N5O10/c1-20(34-30(44)47-32(3,4)5)26(39)37-38-27(40)25(17-22-12-9-8-10-13-22)36-29(43)46-19-24-15-11-14-23(16-24)18-33(6,7)48-31(45)35-21(2)28(41)42/h8-16,20-21,25H,17-19H2,1-7H3,(H,34,44)(H,35,45)(H,36,43)(H,37,39)(H,38,40)(H,41,42)/t20-,21-,25-/m0/s1. The third-order valence-corrected chi connectivity index (χ3v) is 6.39. The van der Waals surface area contributed by atoms with Crippen LogP contribution in [0, 0.1) is 0 Å². The molecule has 0 unspecified atom stereocenters. The Labute approximate surface area is 279 Å². The molecule has 0 spiro atoms. The molecule has 5 amide bonds. The number of ether oxygens (including phenoxy) is 3. The van der Waals surface area contributed by atoms with E-state index in [4.69, 9.17) is 19.3 Å². The van der Waals surface area contributed by atoms with E-state index in [1.807, 2.05) is 0 Å². The zero-order valence-corrected chi connectivity index (χ0v) is 28.2. The van der Waals surface area contributed by atoms with Crippen LogP contribution in [0.5, 0.6) is 0 Å². The number of carboxylic acids is 1. The van der Waals surface area contributed by atoms with Crippen molar-refractivity contribution in [3.8, 4) is 0 Å². The number of hydrogen-bond donors (Lipinski definition) is 6. The van der Waals surface area contributed by atoms with Gasteiger partial charge in [-0.15, -0.1) is 0 Å².